The molecule has 8 nitrogen and oxygen atoms in total. The molecule has 0 radical (unpaired) electrons. The summed E-state index contributed by atoms with van der Waals surface area (Å²) in [5, 5.41) is 9.61. The van der Waals surface area contributed by atoms with Gasteiger partial charge in [-0.25, -0.2) is 13.4 Å². The van der Waals surface area contributed by atoms with Gasteiger partial charge < -0.3 is 9.84 Å². The molecular weight excluding hydrogens is 502 g/mol. The molecule has 2 aromatic heterocycles. The second-order valence-corrected chi connectivity index (χ2v) is 11.5. The lowest BCUT2D eigenvalue weighted by atomic mass is 9.87. The smallest absolute Gasteiger partial charge is 0.306 e. The number of sulfone groups is 1. The van der Waals surface area contributed by atoms with Crippen LogP contribution < -0.4 is 4.74 Å². The monoisotopic (exact) mass is 525 g/mol. The van der Waals surface area contributed by atoms with E-state index in [1.807, 2.05) is 30.3 Å². The molecule has 0 unspecified atom stereocenters. The van der Waals surface area contributed by atoms with Crippen LogP contribution in [-0.4, -0.2) is 46.8 Å². The zero-order chi connectivity index (χ0) is 25.4. The molecule has 10 heteroatoms. The van der Waals surface area contributed by atoms with Crippen LogP contribution >= 0.6 is 11.6 Å². The van der Waals surface area contributed by atoms with Crippen molar-refractivity contribution < 1.29 is 23.1 Å². The molecule has 1 fully saturated rings. The van der Waals surface area contributed by atoms with Gasteiger partial charge in [-0.2, -0.15) is 4.98 Å². The summed E-state index contributed by atoms with van der Waals surface area (Å²) < 4.78 is 29.7. The van der Waals surface area contributed by atoms with E-state index in [9.17, 15) is 13.2 Å². The first-order valence-electron chi connectivity index (χ1n) is 11.5. The number of hydrogen-bond acceptors (Lipinski definition) is 6. The van der Waals surface area contributed by atoms with E-state index in [0.717, 1.165) is 16.7 Å². The lowest BCUT2D eigenvalue weighted by molar-refractivity contribution is -0.143. The summed E-state index contributed by atoms with van der Waals surface area (Å²) in [6.07, 6.45) is 3.59. The number of hydrogen-bond donors (Lipinski definition) is 2. The first-order valence-corrected chi connectivity index (χ1v) is 13.8. The average molecular weight is 526 g/mol. The molecule has 5 rings (SSSR count). The van der Waals surface area contributed by atoms with Gasteiger partial charge in [-0.15, -0.1) is 0 Å². The number of benzene rings is 2. The Hall–Kier alpha value is -3.43. The molecule has 1 aliphatic rings. The molecule has 0 spiro atoms. The minimum atomic E-state index is -3.30. The number of rotatable bonds is 6. The summed E-state index contributed by atoms with van der Waals surface area (Å²) in [6, 6.07) is 16.5. The Morgan fingerprint density at radius 1 is 1.00 bits per heavy atom. The van der Waals surface area contributed by atoms with Gasteiger partial charge in [-0.05, 0) is 55.0 Å². The first kappa shape index (κ1) is 24.3. The largest absolute Gasteiger partial charge is 0.481 e. The number of carbonyl (C=O) groups is 1. The average Bonchev–Trinajstić information content (AvgIpc) is 3.24. The number of H-pyrrole nitrogens is 1. The third kappa shape index (κ3) is 5.08. The van der Waals surface area contributed by atoms with Gasteiger partial charge in [-0.3, -0.25) is 9.78 Å². The van der Waals surface area contributed by atoms with Gasteiger partial charge in [-0.1, -0.05) is 48.0 Å². The van der Waals surface area contributed by atoms with Crippen molar-refractivity contribution in [2.45, 2.75) is 36.7 Å². The number of ether oxygens (including phenoxy) is 1. The van der Waals surface area contributed by atoms with Crippen LogP contribution in [0, 0.1) is 5.92 Å². The number of pyridine rings is 1. The highest BCUT2D eigenvalue weighted by molar-refractivity contribution is 7.90. The van der Waals surface area contributed by atoms with Crippen LogP contribution in [0.3, 0.4) is 0 Å². The number of aromatic nitrogens is 3. The van der Waals surface area contributed by atoms with Gasteiger partial charge in [0.2, 0.25) is 0 Å². The molecule has 36 heavy (non-hydrogen) atoms. The summed E-state index contributed by atoms with van der Waals surface area (Å²) in [6.45, 7) is 0. The number of aliphatic carboxylic acids is 1. The third-order valence-corrected chi connectivity index (χ3v) is 7.86. The second kappa shape index (κ2) is 9.55. The highest BCUT2D eigenvalue weighted by Crippen LogP contribution is 2.32. The van der Waals surface area contributed by atoms with E-state index in [-0.39, 0.29) is 16.9 Å². The van der Waals surface area contributed by atoms with Crippen LogP contribution in [0.1, 0.15) is 25.7 Å². The molecule has 2 heterocycles. The van der Waals surface area contributed by atoms with Gasteiger partial charge in [0.15, 0.2) is 15.5 Å². The van der Waals surface area contributed by atoms with E-state index in [2.05, 4.69) is 15.0 Å². The van der Waals surface area contributed by atoms with Crippen molar-refractivity contribution in [1.82, 2.24) is 15.0 Å². The van der Waals surface area contributed by atoms with Crippen LogP contribution in [0.5, 0.6) is 6.01 Å². The molecule has 2 aromatic carbocycles. The van der Waals surface area contributed by atoms with Crippen LogP contribution in [0.25, 0.3) is 33.5 Å². The van der Waals surface area contributed by atoms with E-state index < -0.39 is 15.8 Å². The molecule has 0 saturated heterocycles. The van der Waals surface area contributed by atoms with Gasteiger partial charge in [0, 0.05) is 11.8 Å². The summed E-state index contributed by atoms with van der Waals surface area (Å²) in [7, 11) is -3.30. The Kier molecular flexibility index (Phi) is 6.44. The Balaban J connectivity index is 1.36. The molecule has 0 aliphatic heterocycles. The van der Waals surface area contributed by atoms with Crippen molar-refractivity contribution in [3.8, 4) is 28.4 Å². The van der Waals surface area contributed by atoms with Gasteiger partial charge in [0.05, 0.1) is 21.5 Å². The van der Waals surface area contributed by atoms with Crippen LogP contribution in [0.15, 0.2) is 59.5 Å². The summed E-state index contributed by atoms with van der Waals surface area (Å²) >= 11 is 6.53. The van der Waals surface area contributed by atoms with Crippen molar-refractivity contribution in [3.63, 3.8) is 0 Å². The Morgan fingerprint density at radius 2 is 1.69 bits per heavy atom. The maximum absolute atomic E-state index is 11.9. The molecular formula is C26H24ClN3O5S. The standard InChI is InChI=1S/C26H24ClN3O5S/c1-36(33,34)20-4-2-3-18(13-20)15-5-7-16(8-6-15)23-21(27)14-22-24(29-23)30-26(28-22)35-19-11-9-17(10-12-19)25(31)32/h2-8,13-14,17,19H,9-12H2,1H3,(H,31,32)(H,28,29,30)/t17-,19-. The van der Waals surface area contributed by atoms with Crippen LogP contribution in [0.4, 0.5) is 0 Å². The number of carboxylic acids is 1. The van der Waals surface area contributed by atoms with Gasteiger partial charge in [0.1, 0.15) is 11.6 Å². The summed E-state index contributed by atoms with van der Waals surface area (Å²) in [5.41, 5.74) is 4.16. The molecule has 186 valence electrons. The predicted octanol–water partition coefficient (Wildman–Crippen LogP) is 5.37. The lowest BCUT2D eigenvalue weighted by Crippen LogP contribution is -2.28. The number of aromatic amines is 1. The zero-order valence-electron chi connectivity index (χ0n) is 19.4. The number of halogens is 1. The van der Waals surface area contributed by atoms with E-state index in [1.165, 1.54) is 6.26 Å². The Bertz CT molecular complexity index is 1540. The predicted molar refractivity (Wildman–Crippen MR) is 137 cm³/mol. The summed E-state index contributed by atoms with van der Waals surface area (Å²) in [5.74, 6) is -1.06. The highest BCUT2D eigenvalue weighted by atomic mass is 35.5. The molecule has 2 N–H and O–H groups in total. The van der Waals surface area contributed by atoms with Gasteiger partial charge in [0.25, 0.3) is 6.01 Å². The number of nitrogens with zero attached hydrogens (tertiary/aromatic N) is 2. The number of imidazole rings is 1. The number of nitrogens with one attached hydrogen (secondary N) is 1. The zero-order valence-corrected chi connectivity index (χ0v) is 21.0. The molecule has 0 atom stereocenters. The fourth-order valence-corrected chi connectivity index (χ4v) is 5.39. The topological polar surface area (TPSA) is 122 Å². The van der Waals surface area contributed by atoms with Crippen molar-refractivity contribution in [1.29, 1.82) is 0 Å². The quantitative estimate of drug-likeness (QED) is 0.347. The lowest BCUT2D eigenvalue weighted by Gasteiger charge is -2.25. The highest BCUT2D eigenvalue weighted by Gasteiger charge is 2.27. The number of fused-ring (bicyclic) bond motifs is 1. The van der Waals surface area contributed by atoms with Crippen molar-refractivity contribution in [2.24, 2.45) is 5.92 Å². The van der Waals surface area contributed by atoms with Crippen molar-refractivity contribution >= 4 is 38.6 Å². The maximum Gasteiger partial charge on any atom is 0.306 e. The van der Waals surface area contributed by atoms with Crippen molar-refractivity contribution in [2.75, 3.05) is 6.26 Å². The maximum atomic E-state index is 11.9. The normalized spacial score (nSPS) is 18.3. The minimum Gasteiger partial charge on any atom is -0.481 e. The van der Waals surface area contributed by atoms with E-state index in [4.69, 9.17) is 21.4 Å². The number of carboxylic acid groups (broad SMARTS) is 1. The third-order valence-electron chi connectivity index (χ3n) is 6.46. The molecule has 4 aromatic rings. The summed E-state index contributed by atoms with van der Waals surface area (Å²) in [4.78, 5) is 23.6. The second-order valence-electron chi connectivity index (χ2n) is 9.04. The van der Waals surface area contributed by atoms with Gasteiger partial charge >= 0.3 is 5.97 Å². The minimum absolute atomic E-state index is 0.0927. The van der Waals surface area contributed by atoms with Crippen LogP contribution in [-0.2, 0) is 14.6 Å². The molecule has 0 amide bonds. The molecule has 1 aliphatic carbocycles. The van der Waals surface area contributed by atoms with Crippen molar-refractivity contribution in [3.05, 3.63) is 59.6 Å². The van der Waals surface area contributed by atoms with E-state index >= 15 is 0 Å². The fraction of sp³-hybridized carbons (Fsp3) is 0.269. The SMILES string of the molecule is CS(=O)(=O)c1cccc(-c2ccc(-c3nc4[nH]c(O[C@H]5CC[C@H](C(=O)O)CC5)nc4cc3Cl)cc2)c1. The van der Waals surface area contributed by atoms with E-state index in [1.54, 1.807) is 24.3 Å². The van der Waals surface area contributed by atoms with E-state index in [0.29, 0.717) is 53.6 Å². The Morgan fingerprint density at radius 3 is 2.36 bits per heavy atom. The Labute approximate surface area is 213 Å². The molecule has 0 bridgehead atoms. The first-order chi connectivity index (χ1) is 17.2. The molecule has 1 saturated carbocycles. The fourth-order valence-electron chi connectivity index (χ4n) is 4.47. The van der Waals surface area contributed by atoms with Crippen LogP contribution in [0.2, 0.25) is 5.02 Å².